The van der Waals surface area contributed by atoms with Crippen LogP contribution in [0.3, 0.4) is 0 Å². The number of aryl methyl sites for hydroxylation is 1. The maximum absolute atomic E-state index is 12.2. The van der Waals surface area contributed by atoms with Crippen LogP contribution in [0, 0.1) is 18.8 Å². The lowest BCUT2D eigenvalue weighted by molar-refractivity contribution is 0.100. The predicted molar refractivity (Wildman–Crippen MR) is 94.8 cm³/mol. The zero-order valence-corrected chi connectivity index (χ0v) is 14.7. The van der Waals surface area contributed by atoms with Gasteiger partial charge in [-0.25, -0.2) is 8.42 Å². The monoisotopic (exact) mass is 358 g/mol. The zero-order valence-electron chi connectivity index (χ0n) is 13.9. The number of methoxy groups -OCH3 is 1. The minimum absolute atomic E-state index is 0.0367. The van der Waals surface area contributed by atoms with Crippen molar-refractivity contribution in [2.45, 2.75) is 11.8 Å². The first kappa shape index (κ1) is 18.5. The number of amides is 1. The molecule has 2 aromatic carbocycles. The number of rotatable bonds is 5. The maximum atomic E-state index is 12.2. The summed E-state index contributed by atoms with van der Waals surface area (Å²) in [7, 11) is -2.12. The van der Waals surface area contributed by atoms with Crippen LogP contribution in [0.5, 0.6) is 5.75 Å². The summed E-state index contributed by atoms with van der Waals surface area (Å²) >= 11 is 0. The van der Waals surface area contributed by atoms with Gasteiger partial charge in [0.25, 0.3) is 0 Å². The Hall–Kier alpha value is -2.82. The van der Waals surface area contributed by atoms with Crippen molar-refractivity contribution in [2.75, 3.05) is 13.7 Å². The van der Waals surface area contributed by atoms with E-state index in [9.17, 15) is 13.2 Å². The summed E-state index contributed by atoms with van der Waals surface area (Å²) in [6.45, 7) is 1.73. The molecule has 0 unspecified atom stereocenters. The molecule has 2 rings (SSSR count). The molecule has 130 valence electrons. The molecule has 0 heterocycles. The van der Waals surface area contributed by atoms with Gasteiger partial charge in [0.05, 0.1) is 18.6 Å². The lowest BCUT2D eigenvalue weighted by Gasteiger charge is -2.08. The molecule has 25 heavy (non-hydrogen) atoms. The molecule has 0 fully saturated rings. The smallest absolute Gasteiger partial charge is 0.248 e. The van der Waals surface area contributed by atoms with E-state index in [2.05, 4.69) is 16.6 Å². The van der Waals surface area contributed by atoms with Crippen LogP contribution in [-0.2, 0) is 10.0 Å². The number of hydrogen-bond donors (Lipinski definition) is 2. The highest BCUT2D eigenvalue weighted by Gasteiger charge is 2.14. The van der Waals surface area contributed by atoms with E-state index < -0.39 is 15.9 Å². The molecule has 6 nitrogen and oxygen atoms in total. The molecule has 0 spiro atoms. The lowest BCUT2D eigenvalue weighted by atomic mass is 10.1. The van der Waals surface area contributed by atoms with Crippen molar-refractivity contribution in [3.63, 3.8) is 0 Å². The molecule has 0 saturated carbocycles. The Morgan fingerprint density at radius 1 is 1.20 bits per heavy atom. The molecule has 0 aliphatic heterocycles. The highest BCUT2D eigenvalue weighted by Crippen LogP contribution is 2.21. The number of ether oxygens (including phenoxy) is 1. The van der Waals surface area contributed by atoms with E-state index in [1.807, 2.05) is 0 Å². The lowest BCUT2D eigenvalue weighted by Crippen LogP contribution is -2.24. The van der Waals surface area contributed by atoms with Crippen LogP contribution in [-0.4, -0.2) is 28.0 Å². The van der Waals surface area contributed by atoms with Gasteiger partial charge in [-0.3, -0.25) is 4.79 Å². The van der Waals surface area contributed by atoms with Crippen molar-refractivity contribution in [3.05, 3.63) is 59.2 Å². The van der Waals surface area contributed by atoms with Crippen molar-refractivity contribution >= 4 is 15.9 Å². The number of nitrogens with one attached hydrogen (secondary N) is 1. The van der Waals surface area contributed by atoms with Crippen molar-refractivity contribution < 1.29 is 17.9 Å². The predicted octanol–water partition coefficient (Wildman–Crippen LogP) is 1.43. The van der Waals surface area contributed by atoms with E-state index in [1.165, 1.54) is 19.2 Å². The van der Waals surface area contributed by atoms with Gasteiger partial charge in [0.1, 0.15) is 5.75 Å². The Bertz CT molecular complexity index is 939. The van der Waals surface area contributed by atoms with Crippen LogP contribution in [0.4, 0.5) is 0 Å². The number of benzene rings is 2. The fraction of sp³-hybridized carbons (Fsp3) is 0.167. The van der Waals surface area contributed by atoms with E-state index in [1.54, 1.807) is 37.3 Å². The van der Waals surface area contributed by atoms with Crippen molar-refractivity contribution in [2.24, 2.45) is 5.73 Å². The molecular formula is C18H18N2O4S. The maximum Gasteiger partial charge on any atom is 0.248 e. The second kappa shape index (κ2) is 7.83. The average molecular weight is 358 g/mol. The molecule has 0 aliphatic carbocycles. The average Bonchev–Trinajstić information content (AvgIpc) is 2.59. The standard InChI is InChI=1S/C18H18N2O4S/c1-13-12-16(9-10-17(13)24-2)25(22,23)20-11-3-4-14-5-7-15(8-6-14)18(19)21/h5-10,12,20H,11H2,1-2H3,(H2,19,21). The van der Waals surface area contributed by atoms with Gasteiger partial charge in [-0.2, -0.15) is 4.72 Å². The zero-order chi connectivity index (χ0) is 18.4. The van der Waals surface area contributed by atoms with Crippen LogP contribution < -0.4 is 15.2 Å². The Kier molecular flexibility index (Phi) is 5.80. The Labute approximate surface area is 147 Å². The quantitative estimate of drug-likeness (QED) is 0.790. The van der Waals surface area contributed by atoms with Crippen LogP contribution in [0.2, 0.25) is 0 Å². The van der Waals surface area contributed by atoms with E-state index in [0.717, 1.165) is 5.56 Å². The van der Waals surface area contributed by atoms with Crippen LogP contribution in [0.15, 0.2) is 47.4 Å². The van der Waals surface area contributed by atoms with Gasteiger partial charge in [0, 0.05) is 11.1 Å². The van der Waals surface area contributed by atoms with Gasteiger partial charge in [-0.1, -0.05) is 11.8 Å². The number of hydrogen-bond acceptors (Lipinski definition) is 4. The third-order valence-corrected chi connectivity index (χ3v) is 4.83. The van der Waals surface area contributed by atoms with Gasteiger partial charge in [-0.05, 0) is 55.0 Å². The second-order valence-electron chi connectivity index (χ2n) is 5.20. The summed E-state index contributed by atoms with van der Waals surface area (Å²) in [6.07, 6.45) is 0. The SMILES string of the molecule is COc1ccc(S(=O)(=O)NCC#Cc2ccc(C(N)=O)cc2)cc1C. The molecule has 7 heteroatoms. The Morgan fingerprint density at radius 3 is 2.44 bits per heavy atom. The number of sulfonamides is 1. The number of primary amides is 1. The van der Waals surface area contributed by atoms with Crippen molar-refractivity contribution in [3.8, 4) is 17.6 Å². The van der Waals surface area contributed by atoms with Gasteiger partial charge in [-0.15, -0.1) is 0 Å². The highest BCUT2D eigenvalue weighted by molar-refractivity contribution is 7.89. The minimum atomic E-state index is -3.65. The van der Waals surface area contributed by atoms with Gasteiger partial charge in [0.2, 0.25) is 15.9 Å². The van der Waals surface area contributed by atoms with E-state index in [4.69, 9.17) is 10.5 Å². The molecule has 1 amide bonds. The Balaban J connectivity index is 2.03. The number of nitrogens with two attached hydrogens (primary N) is 1. The first-order valence-corrected chi connectivity index (χ1v) is 8.85. The van der Waals surface area contributed by atoms with Gasteiger partial charge < -0.3 is 10.5 Å². The molecule has 0 aromatic heterocycles. The molecule has 2 aromatic rings. The van der Waals surface area contributed by atoms with Crippen LogP contribution in [0.25, 0.3) is 0 Å². The van der Waals surface area contributed by atoms with E-state index in [0.29, 0.717) is 16.9 Å². The third-order valence-electron chi connectivity index (χ3n) is 3.43. The van der Waals surface area contributed by atoms with Crippen LogP contribution >= 0.6 is 0 Å². The third kappa shape index (κ3) is 4.83. The van der Waals surface area contributed by atoms with Crippen molar-refractivity contribution in [1.82, 2.24) is 4.72 Å². The van der Waals surface area contributed by atoms with Gasteiger partial charge in [0.15, 0.2) is 0 Å². The van der Waals surface area contributed by atoms with Crippen molar-refractivity contribution in [1.29, 1.82) is 0 Å². The molecule has 0 saturated heterocycles. The second-order valence-corrected chi connectivity index (χ2v) is 6.97. The summed E-state index contributed by atoms with van der Waals surface area (Å²) in [4.78, 5) is 11.1. The minimum Gasteiger partial charge on any atom is -0.496 e. The van der Waals surface area contributed by atoms with E-state index in [-0.39, 0.29) is 11.4 Å². The fourth-order valence-corrected chi connectivity index (χ4v) is 3.10. The topological polar surface area (TPSA) is 98.5 Å². The first-order valence-electron chi connectivity index (χ1n) is 7.36. The summed E-state index contributed by atoms with van der Waals surface area (Å²) in [6, 6.07) is 11.0. The molecule has 0 atom stereocenters. The van der Waals surface area contributed by atoms with E-state index >= 15 is 0 Å². The molecule has 0 bridgehead atoms. The highest BCUT2D eigenvalue weighted by atomic mass is 32.2. The molecular weight excluding hydrogens is 340 g/mol. The Morgan fingerprint density at radius 2 is 1.88 bits per heavy atom. The largest absolute Gasteiger partial charge is 0.496 e. The molecule has 0 radical (unpaired) electrons. The summed E-state index contributed by atoms with van der Waals surface area (Å²) < 4.78 is 32.0. The number of carbonyl (C=O) groups excluding carboxylic acids is 1. The fourth-order valence-electron chi connectivity index (χ4n) is 2.10. The summed E-state index contributed by atoms with van der Waals surface area (Å²) in [5, 5.41) is 0. The van der Waals surface area contributed by atoms with Crippen LogP contribution in [0.1, 0.15) is 21.5 Å². The first-order chi connectivity index (χ1) is 11.8. The molecule has 0 aliphatic rings. The summed E-state index contributed by atoms with van der Waals surface area (Å²) in [5.41, 5.74) is 6.93. The number of carbonyl (C=O) groups is 1. The summed E-state index contributed by atoms with van der Waals surface area (Å²) in [5.74, 6) is 5.66. The van der Waals surface area contributed by atoms with Gasteiger partial charge >= 0.3 is 0 Å². The normalized spacial score (nSPS) is 10.6. The molecule has 3 N–H and O–H groups in total.